The van der Waals surface area contributed by atoms with Gasteiger partial charge in [0.05, 0.1) is 20.8 Å². The summed E-state index contributed by atoms with van der Waals surface area (Å²) >= 11 is 0. The van der Waals surface area contributed by atoms with E-state index in [1.54, 1.807) is 26.0 Å². The van der Waals surface area contributed by atoms with E-state index in [1.807, 2.05) is 6.92 Å². The van der Waals surface area contributed by atoms with Crippen LogP contribution in [0, 0.1) is 6.92 Å². The highest BCUT2D eigenvalue weighted by molar-refractivity contribution is 7.86. The zero-order chi connectivity index (χ0) is 15.9. The second-order valence-electron chi connectivity index (χ2n) is 4.79. The van der Waals surface area contributed by atoms with Crippen molar-refractivity contribution in [1.82, 2.24) is 0 Å². The molecule has 1 aromatic carbocycles. The number of ether oxygens (including phenoxy) is 2. The fourth-order valence-electron chi connectivity index (χ4n) is 1.62. The van der Waals surface area contributed by atoms with Crippen molar-refractivity contribution in [3.8, 4) is 0 Å². The molecule has 0 aliphatic carbocycles. The summed E-state index contributed by atoms with van der Waals surface area (Å²) in [6.07, 6.45) is -1.12. The van der Waals surface area contributed by atoms with E-state index in [4.69, 9.17) is 16.4 Å². The Morgan fingerprint density at radius 2 is 2.05 bits per heavy atom. The zero-order valence-electron chi connectivity index (χ0n) is 13.0. The van der Waals surface area contributed by atoms with Crippen LogP contribution in [-0.2, 0) is 23.8 Å². The minimum Gasteiger partial charge on any atom is -0.348 e. The van der Waals surface area contributed by atoms with Crippen LogP contribution in [0.3, 0.4) is 0 Å². The van der Waals surface area contributed by atoms with Crippen molar-refractivity contribution >= 4 is 10.1 Å². The average Bonchev–Trinajstić information content (AvgIpc) is 2.70. The molecule has 1 aliphatic heterocycles. The molecular formula is C13H18O5S. The van der Waals surface area contributed by atoms with E-state index in [0.717, 1.165) is 5.56 Å². The predicted octanol–water partition coefficient (Wildman–Crippen LogP) is 1.85. The molecule has 0 unspecified atom stereocenters. The van der Waals surface area contributed by atoms with E-state index in [0.29, 0.717) is 0 Å². The van der Waals surface area contributed by atoms with Crippen molar-refractivity contribution in [2.24, 2.45) is 0 Å². The lowest BCUT2D eigenvalue weighted by atomic mass is 10.2. The molecule has 1 saturated heterocycles. The molecule has 0 saturated carbocycles. The normalized spacial score (nSPS) is 24.9. The van der Waals surface area contributed by atoms with E-state index in [-0.39, 0.29) is 11.5 Å². The third kappa shape index (κ3) is 3.76. The summed E-state index contributed by atoms with van der Waals surface area (Å²) in [6.45, 7) is 2.47. The van der Waals surface area contributed by atoms with E-state index in [9.17, 15) is 8.42 Å². The van der Waals surface area contributed by atoms with Gasteiger partial charge < -0.3 is 9.47 Å². The maximum atomic E-state index is 12.1. The van der Waals surface area contributed by atoms with Crippen LogP contribution in [0.15, 0.2) is 29.2 Å². The number of hydrogen-bond donors (Lipinski definition) is 0. The molecule has 0 bridgehead atoms. The van der Waals surface area contributed by atoms with Gasteiger partial charge in [0.25, 0.3) is 10.1 Å². The van der Waals surface area contributed by atoms with Gasteiger partial charge in [-0.1, -0.05) is 17.7 Å². The second-order valence-corrected chi connectivity index (χ2v) is 6.33. The Labute approximate surface area is 116 Å². The van der Waals surface area contributed by atoms with Gasteiger partial charge >= 0.3 is 0 Å². The van der Waals surface area contributed by atoms with Crippen LogP contribution in [0.4, 0.5) is 0 Å². The van der Waals surface area contributed by atoms with Gasteiger partial charge in [0, 0.05) is 0 Å². The summed E-state index contributed by atoms with van der Waals surface area (Å²) in [5.74, 6) is -0.963. The molecule has 1 aromatic rings. The molecular weight excluding hydrogens is 268 g/mol. The van der Waals surface area contributed by atoms with Crippen molar-refractivity contribution < 1.29 is 24.8 Å². The first-order chi connectivity index (χ1) is 9.52. The molecule has 6 heteroatoms. The SMILES string of the molecule is [2H]C([2H])(OS(=O)(=O)c1ccc(C)cc1)[C@@H]1COC(C)(C)O1. The van der Waals surface area contributed by atoms with E-state index in [2.05, 4.69) is 0 Å². The molecule has 2 rings (SSSR count). The van der Waals surface area contributed by atoms with Crippen LogP contribution in [0.5, 0.6) is 0 Å². The fourth-order valence-corrected chi connectivity index (χ4v) is 2.41. The smallest absolute Gasteiger partial charge is 0.297 e. The molecule has 0 spiro atoms. The van der Waals surface area contributed by atoms with Crippen LogP contribution < -0.4 is 0 Å². The Hall–Kier alpha value is -0.950. The maximum Gasteiger partial charge on any atom is 0.297 e. The molecule has 0 aromatic heterocycles. The number of benzene rings is 1. The summed E-state index contributed by atoms with van der Waals surface area (Å²) in [7, 11) is -4.22. The average molecular weight is 288 g/mol. The lowest BCUT2D eigenvalue weighted by Crippen LogP contribution is -2.25. The second kappa shape index (κ2) is 5.20. The molecule has 1 atom stereocenters. The first kappa shape index (κ1) is 11.8. The Bertz CT molecular complexity index is 610. The van der Waals surface area contributed by atoms with Crippen LogP contribution in [-0.4, -0.2) is 33.5 Å². The van der Waals surface area contributed by atoms with Gasteiger partial charge in [0.15, 0.2) is 5.79 Å². The summed E-state index contributed by atoms with van der Waals surface area (Å²) < 4.78 is 55.1. The number of hydrogen-bond acceptors (Lipinski definition) is 5. The third-order valence-electron chi connectivity index (χ3n) is 2.61. The van der Waals surface area contributed by atoms with Crippen molar-refractivity contribution in [3.05, 3.63) is 29.8 Å². The monoisotopic (exact) mass is 288 g/mol. The highest BCUT2D eigenvalue weighted by atomic mass is 32.2. The number of rotatable bonds is 4. The molecule has 1 fully saturated rings. The summed E-state index contributed by atoms with van der Waals surface area (Å²) in [5, 5.41) is 0. The molecule has 1 heterocycles. The Kier molecular flexibility index (Phi) is 3.24. The van der Waals surface area contributed by atoms with Crippen LogP contribution in [0.25, 0.3) is 0 Å². The van der Waals surface area contributed by atoms with Crippen molar-refractivity contribution in [2.45, 2.75) is 37.6 Å². The van der Waals surface area contributed by atoms with Gasteiger partial charge in [-0.3, -0.25) is 4.18 Å². The molecule has 19 heavy (non-hydrogen) atoms. The lowest BCUT2D eigenvalue weighted by Gasteiger charge is -2.16. The number of aryl methyl sites for hydroxylation is 1. The first-order valence-electron chi connectivity index (χ1n) is 6.86. The molecule has 5 nitrogen and oxygen atoms in total. The van der Waals surface area contributed by atoms with E-state index in [1.165, 1.54) is 12.1 Å². The van der Waals surface area contributed by atoms with Crippen LogP contribution in [0.2, 0.25) is 0 Å². The first-order valence-corrected chi connectivity index (χ1v) is 7.27. The van der Waals surface area contributed by atoms with E-state index >= 15 is 0 Å². The lowest BCUT2D eigenvalue weighted by molar-refractivity contribution is -0.141. The minimum absolute atomic E-state index is 0.0799. The molecule has 106 valence electrons. The van der Waals surface area contributed by atoms with Gasteiger partial charge in [-0.2, -0.15) is 8.42 Å². The van der Waals surface area contributed by atoms with Crippen LogP contribution >= 0.6 is 0 Å². The maximum absolute atomic E-state index is 12.1. The predicted molar refractivity (Wildman–Crippen MR) is 69.2 cm³/mol. The van der Waals surface area contributed by atoms with Crippen molar-refractivity contribution in [3.63, 3.8) is 0 Å². The third-order valence-corrected chi connectivity index (χ3v) is 3.77. The largest absolute Gasteiger partial charge is 0.348 e. The standard InChI is InChI=1S/C13H18O5S/c1-10-4-6-12(7-5-10)19(14,15)17-9-11-8-16-13(2,3)18-11/h4-7,11H,8-9H2,1-3H3/t11-/m0/s1/i9D2. The summed E-state index contributed by atoms with van der Waals surface area (Å²) in [6, 6.07) is 5.97. The van der Waals surface area contributed by atoms with Gasteiger partial charge in [-0.05, 0) is 32.9 Å². The highest BCUT2D eigenvalue weighted by Crippen LogP contribution is 2.23. The zero-order valence-corrected chi connectivity index (χ0v) is 11.9. The molecule has 1 aliphatic rings. The quantitative estimate of drug-likeness (QED) is 0.791. The Balaban J connectivity index is 2.17. The van der Waals surface area contributed by atoms with Crippen molar-refractivity contribution in [2.75, 3.05) is 13.2 Å². The molecule has 0 N–H and O–H groups in total. The van der Waals surface area contributed by atoms with Gasteiger partial charge in [0.1, 0.15) is 6.10 Å². The fraction of sp³-hybridized carbons (Fsp3) is 0.538. The Morgan fingerprint density at radius 1 is 1.42 bits per heavy atom. The highest BCUT2D eigenvalue weighted by Gasteiger charge is 2.33. The van der Waals surface area contributed by atoms with Gasteiger partial charge in [-0.15, -0.1) is 0 Å². The summed E-state index contributed by atoms with van der Waals surface area (Å²) in [4.78, 5) is -0.102. The van der Waals surface area contributed by atoms with Crippen LogP contribution in [0.1, 0.15) is 22.2 Å². The van der Waals surface area contributed by atoms with Crippen molar-refractivity contribution in [1.29, 1.82) is 0 Å². The topological polar surface area (TPSA) is 61.8 Å². The Morgan fingerprint density at radius 3 is 2.58 bits per heavy atom. The summed E-state index contributed by atoms with van der Waals surface area (Å²) in [5.41, 5.74) is 0.895. The molecule has 0 radical (unpaired) electrons. The minimum atomic E-state index is -4.22. The van der Waals surface area contributed by atoms with E-state index < -0.39 is 28.6 Å². The molecule has 0 amide bonds. The van der Waals surface area contributed by atoms with Gasteiger partial charge in [0.2, 0.25) is 0 Å². The van der Waals surface area contributed by atoms with Gasteiger partial charge in [-0.25, -0.2) is 0 Å².